The van der Waals surface area contributed by atoms with Gasteiger partial charge >= 0.3 is 0 Å². The highest BCUT2D eigenvalue weighted by atomic mass is 32.2. The molecule has 0 N–H and O–H groups in total. The number of fused-ring (bicyclic) bond motifs is 1. The van der Waals surface area contributed by atoms with Gasteiger partial charge in [0.25, 0.3) is 10.0 Å². The normalized spacial score (nSPS) is 12.9. The molecule has 0 atom stereocenters. The fourth-order valence-electron chi connectivity index (χ4n) is 3.82. The number of carbonyl (C=O) groups is 1. The molecule has 0 saturated carbocycles. The third-order valence-corrected chi connectivity index (χ3v) is 7.22. The number of sulfonamides is 1. The molecular formula is C24H24N2O5S. The van der Waals surface area contributed by atoms with Gasteiger partial charge < -0.3 is 14.4 Å². The summed E-state index contributed by atoms with van der Waals surface area (Å²) >= 11 is 0. The van der Waals surface area contributed by atoms with E-state index in [-0.39, 0.29) is 17.3 Å². The maximum absolute atomic E-state index is 13.7. The average Bonchev–Trinajstić information content (AvgIpc) is 3.26. The average molecular weight is 453 g/mol. The van der Waals surface area contributed by atoms with Crippen molar-refractivity contribution in [2.75, 3.05) is 36.5 Å². The first-order chi connectivity index (χ1) is 15.5. The lowest BCUT2D eigenvalue weighted by atomic mass is 10.2. The summed E-state index contributed by atoms with van der Waals surface area (Å²) in [6, 6.07) is 20.7. The minimum Gasteiger partial charge on any atom is -0.493 e. The van der Waals surface area contributed by atoms with Crippen molar-refractivity contribution in [3.63, 3.8) is 0 Å². The van der Waals surface area contributed by atoms with Gasteiger partial charge in [-0.15, -0.1) is 0 Å². The summed E-state index contributed by atoms with van der Waals surface area (Å²) in [4.78, 5) is 14.9. The van der Waals surface area contributed by atoms with Crippen molar-refractivity contribution >= 4 is 27.3 Å². The number of ether oxygens (including phenoxy) is 2. The van der Waals surface area contributed by atoms with Gasteiger partial charge in [-0.05, 0) is 42.3 Å². The Balaban J connectivity index is 1.71. The fraction of sp³-hybridized carbons (Fsp3) is 0.208. The van der Waals surface area contributed by atoms with Gasteiger partial charge in [0, 0.05) is 18.3 Å². The van der Waals surface area contributed by atoms with Crippen molar-refractivity contribution in [2.45, 2.75) is 11.3 Å². The zero-order chi connectivity index (χ0) is 22.7. The second-order valence-electron chi connectivity index (χ2n) is 7.29. The van der Waals surface area contributed by atoms with E-state index in [1.54, 1.807) is 35.2 Å². The summed E-state index contributed by atoms with van der Waals surface area (Å²) in [5.74, 6) is 0.423. The van der Waals surface area contributed by atoms with Crippen LogP contribution in [-0.2, 0) is 21.2 Å². The molecule has 7 nitrogen and oxygen atoms in total. The van der Waals surface area contributed by atoms with Crippen molar-refractivity contribution in [3.8, 4) is 11.5 Å². The first-order valence-electron chi connectivity index (χ1n) is 10.1. The van der Waals surface area contributed by atoms with Gasteiger partial charge in [-0.2, -0.15) is 0 Å². The van der Waals surface area contributed by atoms with Crippen LogP contribution in [0.2, 0.25) is 0 Å². The largest absolute Gasteiger partial charge is 0.493 e. The predicted octanol–water partition coefficient (Wildman–Crippen LogP) is 3.49. The van der Waals surface area contributed by atoms with Crippen LogP contribution in [0.15, 0.2) is 77.7 Å². The molecule has 32 heavy (non-hydrogen) atoms. The fourth-order valence-corrected chi connectivity index (χ4v) is 5.25. The van der Waals surface area contributed by atoms with Crippen molar-refractivity contribution in [3.05, 3.63) is 78.4 Å². The molecule has 0 radical (unpaired) electrons. The van der Waals surface area contributed by atoms with Crippen LogP contribution < -0.4 is 18.7 Å². The van der Waals surface area contributed by atoms with E-state index in [0.29, 0.717) is 23.7 Å². The molecule has 1 heterocycles. The Morgan fingerprint density at radius 3 is 2.34 bits per heavy atom. The molecule has 4 rings (SSSR count). The molecular weight excluding hydrogens is 428 g/mol. The van der Waals surface area contributed by atoms with Gasteiger partial charge in [0.05, 0.1) is 24.8 Å². The van der Waals surface area contributed by atoms with E-state index in [2.05, 4.69) is 0 Å². The van der Waals surface area contributed by atoms with E-state index in [1.807, 2.05) is 24.3 Å². The third-order valence-electron chi connectivity index (χ3n) is 5.45. The highest BCUT2D eigenvalue weighted by Crippen LogP contribution is 2.33. The molecule has 0 aromatic heterocycles. The van der Waals surface area contributed by atoms with Crippen LogP contribution in [0.1, 0.15) is 5.56 Å². The van der Waals surface area contributed by atoms with Crippen LogP contribution >= 0.6 is 0 Å². The van der Waals surface area contributed by atoms with Crippen molar-refractivity contribution in [2.24, 2.45) is 0 Å². The number of nitrogens with zero attached hydrogens (tertiary/aromatic N) is 2. The molecule has 8 heteroatoms. The monoisotopic (exact) mass is 452 g/mol. The molecule has 0 spiro atoms. The Morgan fingerprint density at radius 2 is 1.62 bits per heavy atom. The summed E-state index contributed by atoms with van der Waals surface area (Å²) in [6.45, 7) is 0.201. The number of hydrogen-bond acceptors (Lipinski definition) is 5. The van der Waals surface area contributed by atoms with Gasteiger partial charge in [-0.25, -0.2) is 8.42 Å². The van der Waals surface area contributed by atoms with Crippen LogP contribution in [0.5, 0.6) is 11.5 Å². The quantitative estimate of drug-likeness (QED) is 0.549. The predicted molar refractivity (Wildman–Crippen MR) is 123 cm³/mol. The summed E-state index contributed by atoms with van der Waals surface area (Å²) < 4.78 is 38.9. The van der Waals surface area contributed by atoms with E-state index in [9.17, 15) is 13.2 Å². The first-order valence-corrected chi connectivity index (χ1v) is 11.6. The summed E-state index contributed by atoms with van der Waals surface area (Å²) in [7, 11) is -1.14. The van der Waals surface area contributed by atoms with Gasteiger partial charge in [-0.3, -0.25) is 9.10 Å². The highest BCUT2D eigenvalue weighted by Gasteiger charge is 2.32. The Kier molecular flexibility index (Phi) is 6.05. The number of benzene rings is 3. The molecule has 3 aromatic rings. The Bertz CT molecular complexity index is 1230. The van der Waals surface area contributed by atoms with Crippen LogP contribution in [-0.4, -0.2) is 41.6 Å². The number of hydrogen-bond donors (Lipinski definition) is 0. The Morgan fingerprint density at radius 1 is 0.938 bits per heavy atom. The smallest absolute Gasteiger partial charge is 0.264 e. The molecule has 0 bridgehead atoms. The van der Waals surface area contributed by atoms with Crippen LogP contribution in [0.25, 0.3) is 0 Å². The third kappa shape index (κ3) is 4.01. The lowest BCUT2D eigenvalue weighted by molar-refractivity contribution is -0.117. The lowest BCUT2D eigenvalue weighted by Crippen LogP contribution is -2.42. The first kappa shape index (κ1) is 21.7. The molecule has 0 aliphatic carbocycles. The zero-order valence-electron chi connectivity index (χ0n) is 17.9. The van der Waals surface area contributed by atoms with Gasteiger partial charge in [0.1, 0.15) is 6.54 Å². The van der Waals surface area contributed by atoms with Crippen molar-refractivity contribution in [1.29, 1.82) is 0 Å². The van der Waals surface area contributed by atoms with E-state index in [0.717, 1.165) is 22.0 Å². The van der Waals surface area contributed by atoms with Crippen LogP contribution in [0, 0.1) is 0 Å². The maximum atomic E-state index is 13.7. The summed E-state index contributed by atoms with van der Waals surface area (Å²) in [6.07, 6.45) is 0.746. The maximum Gasteiger partial charge on any atom is 0.264 e. The molecule has 1 aliphatic rings. The topological polar surface area (TPSA) is 76.2 Å². The number of rotatable bonds is 7. The van der Waals surface area contributed by atoms with E-state index < -0.39 is 10.0 Å². The van der Waals surface area contributed by atoms with E-state index >= 15 is 0 Å². The minimum absolute atomic E-state index is 0.00799. The van der Waals surface area contributed by atoms with Gasteiger partial charge in [-0.1, -0.05) is 36.4 Å². The Hall–Kier alpha value is -3.52. The molecule has 0 unspecified atom stereocenters. The van der Waals surface area contributed by atoms with E-state index in [4.69, 9.17) is 9.47 Å². The van der Waals surface area contributed by atoms with Gasteiger partial charge in [0.15, 0.2) is 11.5 Å². The SMILES string of the molecule is COc1ccc(S(=O)(=O)N(CC(=O)N2CCc3ccccc32)c2ccccc2)cc1OC. The zero-order valence-corrected chi connectivity index (χ0v) is 18.7. The number of methoxy groups -OCH3 is 2. The lowest BCUT2D eigenvalue weighted by Gasteiger charge is -2.27. The second-order valence-corrected chi connectivity index (χ2v) is 9.15. The number of carbonyl (C=O) groups excluding carboxylic acids is 1. The Labute approximate surface area is 187 Å². The molecule has 3 aromatic carbocycles. The molecule has 1 amide bonds. The second kappa shape index (κ2) is 8.92. The summed E-state index contributed by atoms with van der Waals surface area (Å²) in [5, 5.41) is 0. The van der Waals surface area contributed by atoms with Crippen LogP contribution in [0.4, 0.5) is 11.4 Å². The standard InChI is InChI=1S/C24H24N2O5S/c1-30-22-13-12-20(16-23(22)31-2)32(28,29)26(19-9-4-3-5-10-19)17-24(27)25-15-14-18-8-6-7-11-21(18)25/h3-13,16H,14-15,17H2,1-2H3. The molecule has 166 valence electrons. The number of para-hydroxylation sites is 2. The van der Waals surface area contributed by atoms with Gasteiger partial charge in [0.2, 0.25) is 5.91 Å². The summed E-state index contributed by atoms with van der Waals surface area (Å²) in [5.41, 5.74) is 2.31. The molecule has 0 saturated heterocycles. The van der Waals surface area contributed by atoms with Crippen molar-refractivity contribution in [1.82, 2.24) is 0 Å². The van der Waals surface area contributed by atoms with Crippen molar-refractivity contribution < 1.29 is 22.7 Å². The van der Waals surface area contributed by atoms with Crippen LogP contribution in [0.3, 0.4) is 0 Å². The van der Waals surface area contributed by atoms with E-state index in [1.165, 1.54) is 32.4 Å². The number of anilines is 2. The molecule has 0 fully saturated rings. The molecule has 1 aliphatic heterocycles. The highest BCUT2D eigenvalue weighted by molar-refractivity contribution is 7.92. The minimum atomic E-state index is -4.06. The number of amides is 1.